The highest BCUT2D eigenvalue weighted by Crippen LogP contribution is 2.18. The quantitative estimate of drug-likeness (QED) is 0.0417. The smallest absolute Gasteiger partial charge is 0.306 e. The maximum absolute atomic E-state index is 12.8. The number of hydrogen-bond donors (Lipinski definition) is 1. The second-order valence-electron chi connectivity index (χ2n) is 13.8. The van der Waals surface area contributed by atoms with Crippen LogP contribution in [-0.4, -0.2) is 60.9 Å². The SMILES string of the molecule is CCCCCCCCCC(CCCCCCCCC)OC(=O)CCCCN(CCO)CCCCCCCCC(=O)OCC=C(C)C. The zero-order valence-electron chi connectivity index (χ0n) is 31.1. The van der Waals surface area contributed by atoms with E-state index >= 15 is 0 Å². The van der Waals surface area contributed by atoms with E-state index < -0.39 is 0 Å². The van der Waals surface area contributed by atoms with Crippen LogP contribution in [0.5, 0.6) is 0 Å². The first-order valence-corrected chi connectivity index (χ1v) is 19.7. The minimum absolute atomic E-state index is 0.0224. The molecule has 1 N–H and O–H groups in total. The van der Waals surface area contributed by atoms with Gasteiger partial charge in [-0.25, -0.2) is 0 Å². The molecule has 0 aliphatic rings. The van der Waals surface area contributed by atoms with E-state index in [0.29, 0.717) is 26.0 Å². The summed E-state index contributed by atoms with van der Waals surface area (Å²) in [7, 11) is 0. The van der Waals surface area contributed by atoms with Crippen molar-refractivity contribution in [3.05, 3.63) is 11.6 Å². The minimum atomic E-state index is -0.0998. The summed E-state index contributed by atoms with van der Waals surface area (Å²) < 4.78 is 11.2. The Morgan fingerprint density at radius 1 is 0.587 bits per heavy atom. The largest absolute Gasteiger partial charge is 0.462 e. The molecule has 0 saturated carbocycles. The maximum Gasteiger partial charge on any atom is 0.306 e. The van der Waals surface area contributed by atoms with Crippen LogP contribution in [0.4, 0.5) is 0 Å². The summed E-state index contributed by atoms with van der Waals surface area (Å²) in [5.74, 6) is -0.122. The van der Waals surface area contributed by atoms with Gasteiger partial charge >= 0.3 is 11.9 Å². The topological polar surface area (TPSA) is 76.1 Å². The van der Waals surface area contributed by atoms with Crippen LogP contribution in [0.3, 0.4) is 0 Å². The number of hydrogen-bond acceptors (Lipinski definition) is 6. The molecule has 0 aliphatic heterocycles. The molecule has 0 aromatic heterocycles. The van der Waals surface area contributed by atoms with Crippen LogP contribution in [0.2, 0.25) is 0 Å². The number of carbonyl (C=O) groups excluding carboxylic acids is 2. The van der Waals surface area contributed by atoms with Crippen LogP contribution in [0.1, 0.15) is 195 Å². The first-order valence-electron chi connectivity index (χ1n) is 19.7. The fourth-order valence-electron chi connectivity index (χ4n) is 5.93. The van der Waals surface area contributed by atoms with Crippen LogP contribution in [0.25, 0.3) is 0 Å². The Labute approximate surface area is 285 Å². The van der Waals surface area contributed by atoms with E-state index in [1.54, 1.807) is 0 Å². The average molecular weight is 652 g/mol. The summed E-state index contributed by atoms with van der Waals surface area (Å²) >= 11 is 0. The van der Waals surface area contributed by atoms with Gasteiger partial charge in [0.05, 0.1) is 6.61 Å². The highest BCUT2D eigenvalue weighted by atomic mass is 16.5. The van der Waals surface area contributed by atoms with Crippen molar-refractivity contribution >= 4 is 11.9 Å². The van der Waals surface area contributed by atoms with Gasteiger partial charge in [-0.3, -0.25) is 9.59 Å². The molecule has 0 spiro atoms. The Morgan fingerprint density at radius 3 is 1.54 bits per heavy atom. The highest BCUT2D eigenvalue weighted by molar-refractivity contribution is 5.69. The van der Waals surface area contributed by atoms with Crippen molar-refractivity contribution in [2.45, 2.75) is 201 Å². The second kappa shape index (κ2) is 34.9. The lowest BCUT2D eigenvalue weighted by molar-refractivity contribution is -0.150. The van der Waals surface area contributed by atoms with E-state index in [1.807, 2.05) is 19.9 Å². The number of rotatable bonds is 35. The molecule has 0 unspecified atom stereocenters. The van der Waals surface area contributed by atoms with Gasteiger partial charge in [0.15, 0.2) is 0 Å². The molecule has 0 aromatic rings. The molecule has 0 heterocycles. The fraction of sp³-hybridized carbons (Fsp3) is 0.900. The van der Waals surface area contributed by atoms with Crippen LogP contribution >= 0.6 is 0 Å². The van der Waals surface area contributed by atoms with Crippen molar-refractivity contribution in [3.63, 3.8) is 0 Å². The van der Waals surface area contributed by atoms with Gasteiger partial charge in [0, 0.05) is 19.4 Å². The number of carbonyl (C=O) groups is 2. The third-order valence-electron chi connectivity index (χ3n) is 8.92. The zero-order valence-corrected chi connectivity index (χ0v) is 31.1. The number of esters is 2. The van der Waals surface area contributed by atoms with Crippen LogP contribution < -0.4 is 0 Å². The van der Waals surface area contributed by atoms with Gasteiger partial charge in [-0.1, -0.05) is 122 Å². The lowest BCUT2D eigenvalue weighted by Gasteiger charge is -2.21. The molecule has 0 rings (SSSR count). The highest BCUT2D eigenvalue weighted by Gasteiger charge is 2.15. The Bertz CT molecular complexity index is 688. The fourth-order valence-corrected chi connectivity index (χ4v) is 5.93. The van der Waals surface area contributed by atoms with Crippen LogP contribution in [0.15, 0.2) is 11.6 Å². The summed E-state index contributed by atoms with van der Waals surface area (Å²) in [5, 5.41) is 9.53. The van der Waals surface area contributed by atoms with E-state index in [0.717, 1.165) is 76.5 Å². The van der Waals surface area contributed by atoms with Crippen molar-refractivity contribution in [3.8, 4) is 0 Å². The van der Waals surface area contributed by atoms with Crippen molar-refractivity contribution in [2.24, 2.45) is 0 Å². The Hall–Kier alpha value is -1.40. The monoisotopic (exact) mass is 652 g/mol. The average Bonchev–Trinajstić information content (AvgIpc) is 3.03. The Morgan fingerprint density at radius 2 is 1.02 bits per heavy atom. The molecule has 0 atom stereocenters. The number of unbranched alkanes of at least 4 members (excludes halogenated alkanes) is 18. The summed E-state index contributed by atoms with van der Waals surface area (Å²) in [5.41, 5.74) is 1.16. The first kappa shape index (κ1) is 44.6. The van der Waals surface area contributed by atoms with Gasteiger partial charge < -0.3 is 19.5 Å². The molecule has 272 valence electrons. The van der Waals surface area contributed by atoms with E-state index in [1.165, 1.54) is 96.3 Å². The van der Waals surface area contributed by atoms with Crippen molar-refractivity contribution in [1.29, 1.82) is 0 Å². The minimum Gasteiger partial charge on any atom is -0.462 e. The lowest BCUT2D eigenvalue weighted by Crippen LogP contribution is -2.29. The number of nitrogens with zero attached hydrogens (tertiary/aromatic N) is 1. The predicted octanol–water partition coefficient (Wildman–Crippen LogP) is 10.9. The second-order valence-corrected chi connectivity index (χ2v) is 13.8. The number of aliphatic hydroxyl groups is 1. The zero-order chi connectivity index (χ0) is 33.9. The summed E-state index contributed by atoms with van der Waals surface area (Å²) in [6.07, 6.45) is 31.5. The summed E-state index contributed by atoms with van der Waals surface area (Å²) in [4.78, 5) is 26.8. The van der Waals surface area contributed by atoms with Gasteiger partial charge in [0.1, 0.15) is 12.7 Å². The van der Waals surface area contributed by atoms with Gasteiger partial charge in [0.2, 0.25) is 0 Å². The molecule has 0 bridgehead atoms. The third-order valence-corrected chi connectivity index (χ3v) is 8.92. The van der Waals surface area contributed by atoms with E-state index in [2.05, 4.69) is 18.7 Å². The number of allylic oxidation sites excluding steroid dienone is 1. The Balaban J connectivity index is 4.18. The number of ether oxygens (including phenoxy) is 2. The molecule has 0 aromatic carbocycles. The van der Waals surface area contributed by atoms with Gasteiger partial charge in [-0.2, -0.15) is 0 Å². The Kier molecular flexibility index (Phi) is 33.9. The lowest BCUT2D eigenvalue weighted by atomic mass is 10.0. The predicted molar refractivity (Wildman–Crippen MR) is 195 cm³/mol. The van der Waals surface area contributed by atoms with Crippen molar-refractivity contribution in [1.82, 2.24) is 4.90 Å². The molecular weight excluding hydrogens is 574 g/mol. The third kappa shape index (κ3) is 32.5. The summed E-state index contributed by atoms with van der Waals surface area (Å²) in [6.45, 7) is 11.7. The molecule has 0 aliphatic carbocycles. The molecule has 46 heavy (non-hydrogen) atoms. The molecular formula is C40H77NO5. The normalized spacial score (nSPS) is 11.4. The number of aliphatic hydroxyl groups excluding tert-OH is 1. The van der Waals surface area contributed by atoms with Crippen LogP contribution in [-0.2, 0) is 19.1 Å². The molecule has 6 nitrogen and oxygen atoms in total. The van der Waals surface area contributed by atoms with Gasteiger partial charge in [-0.15, -0.1) is 0 Å². The molecule has 0 radical (unpaired) electrons. The molecule has 0 fully saturated rings. The van der Waals surface area contributed by atoms with Gasteiger partial charge in [0.25, 0.3) is 0 Å². The molecule has 0 saturated heterocycles. The summed E-state index contributed by atoms with van der Waals surface area (Å²) in [6, 6.07) is 0. The van der Waals surface area contributed by atoms with Gasteiger partial charge in [-0.05, 0) is 84.4 Å². The first-order chi connectivity index (χ1) is 22.4. The van der Waals surface area contributed by atoms with E-state index in [9.17, 15) is 14.7 Å². The maximum atomic E-state index is 12.8. The van der Waals surface area contributed by atoms with E-state index in [4.69, 9.17) is 9.47 Å². The van der Waals surface area contributed by atoms with E-state index in [-0.39, 0.29) is 24.6 Å². The standard InChI is InChI=1S/C40H77NO5/c1-5-7-9-11-13-17-21-27-38(28-22-18-14-12-10-8-6-2)46-40(44)30-24-26-33-41(34-35-42)32-25-20-16-15-19-23-29-39(43)45-36-31-37(3)4/h31,38,42H,5-30,32-36H2,1-4H3. The molecule has 6 heteroatoms. The van der Waals surface area contributed by atoms with Crippen LogP contribution in [0, 0.1) is 0 Å². The molecule has 0 amide bonds. The van der Waals surface area contributed by atoms with Crippen molar-refractivity contribution in [2.75, 3.05) is 32.8 Å². The van der Waals surface area contributed by atoms with Crippen molar-refractivity contribution < 1.29 is 24.2 Å².